The molecule has 1 aliphatic heterocycles. The average Bonchev–Trinajstić information content (AvgIpc) is 2.84. The van der Waals surface area contributed by atoms with Gasteiger partial charge in [-0.15, -0.1) is 0 Å². The van der Waals surface area contributed by atoms with Crippen LogP contribution in [0.2, 0.25) is 0 Å². The Balaban J connectivity index is 1.85. The first-order valence-corrected chi connectivity index (χ1v) is 10.6. The van der Waals surface area contributed by atoms with Crippen molar-refractivity contribution in [2.45, 2.75) is 31.2 Å². The van der Waals surface area contributed by atoms with Crippen LogP contribution in [0.4, 0.5) is 0 Å². The first kappa shape index (κ1) is 22.4. The van der Waals surface area contributed by atoms with E-state index in [-0.39, 0.29) is 5.78 Å². The van der Waals surface area contributed by atoms with Crippen molar-refractivity contribution in [3.05, 3.63) is 64.9 Å². The second kappa shape index (κ2) is 9.36. The molecular weight excluding hydrogens is 426 g/mol. The fraction of sp³-hybridized carbons (Fsp3) is 0.320. The number of ketones is 1. The van der Waals surface area contributed by atoms with Crippen LogP contribution in [0.5, 0.6) is 17.2 Å². The van der Waals surface area contributed by atoms with E-state index in [9.17, 15) is 14.4 Å². The molecule has 0 fully saturated rings. The van der Waals surface area contributed by atoms with E-state index in [1.807, 2.05) is 0 Å². The predicted molar refractivity (Wildman–Crippen MR) is 119 cm³/mol. The van der Waals surface area contributed by atoms with Gasteiger partial charge in [-0.05, 0) is 36.2 Å². The maximum atomic E-state index is 13.1. The standard InChI is InChI=1S/C25H25NO7/c1-30-18-12-15(13-19(31-2)23(18)32-3)20-21-16(27)10-7-11-17(21)33-25(29)22(20)26-24(28)14-8-5-4-6-9-14/h4-6,8-9,12-13,20,22H,7,10-11H2,1-3H3,(H,26,28)/t20-,22-/m1/s1. The lowest BCUT2D eigenvalue weighted by Crippen LogP contribution is -2.50. The molecule has 0 spiro atoms. The monoisotopic (exact) mass is 451 g/mol. The molecule has 172 valence electrons. The molecule has 33 heavy (non-hydrogen) atoms. The van der Waals surface area contributed by atoms with Crippen LogP contribution < -0.4 is 19.5 Å². The van der Waals surface area contributed by atoms with Gasteiger partial charge in [0.15, 0.2) is 17.3 Å². The maximum Gasteiger partial charge on any atom is 0.334 e. The van der Waals surface area contributed by atoms with Gasteiger partial charge in [0.2, 0.25) is 5.75 Å². The van der Waals surface area contributed by atoms with Crippen LogP contribution in [-0.2, 0) is 14.3 Å². The molecule has 2 aromatic rings. The van der Waals surface area contributed by atoms with Gasteiger partial charge >= 0.3 is 5.97 Å². The first-order chi connectivity index (χ1) is 16.0. The number of hydrogen-bond donors (Lipinski definition) is 1. The number of carbonyl (C=O) groups is 3. The largest absolute Gasteiger partial charge is 0.493 e. The molecule has 1 aliphatic carbocycles. The molecule has 2 aromatic carbocycles. The molecule has 8 heteroatoms. The molecule has 0 saturated carbocycles. The van der Waals surface area contributed by atoms with Gasteiger partial charge in [0.05, 0.1) is 21.3 Å². The summed E-state index contributed by atoms with van der Waals surface area (Å²) >= 11 is 0. The van der Waals surface area contributed by atoms with Gasteiger partial charge in [-0.1, -0.05) is 18.2 Å². The number of allylic oxidation sites excluding steroid dienone is 1. The Bertz CT molecular complexity index is 1100. The van der Waals surface area contributed by atoms with E-state index in [0.717, 1.165) is 0 Å². The number of benzene rings is 2. The van der Waals surface area contributed by atoms with Gasteiger partial charge in [-0.2, -0.15) is 0 Å². The predicted octanol–water partition coefficient (Wildman–Crippen LogP) is 3.16. The molecule has 1 heterocycles. The molecule has 0 saturated heterocycles. The molecule has 8 nitrogen and oxygen atoms in total. The Hall–Kier alpha value is -3.81. The SMILES string of the molecule is COc1cc([C@@H]2C3=C(CCCC3=O)OC(=O)[C@@H]2NC(=O)c2ccccc2)cc(OC)c1OC. The summed E-state index contributed by atoms with van der Waals surface area (Å²) in [5.41, 5.74) is 1.36. The molecule has 0 unspecified atom stereocenters. The Morgan fingerprint density at radius 1 is 0.970 bits per heavy atom. The second-order valence-electron chi connectivity index (χ2n) is 7.79. The normalized spacial score (nSPS) is 20.0. The van der Waals surface area contributed by atoms with Crippen molar-refractivity contribution in [2.24, 2.45) is 0 Å². The summed E-state index contributed by atoms with van der Waals surface area (Å²) in [6.45, 7) is 0. The number of methoxy groups -OCH3 is 3. The fourth-order valence-corrected chi connectivity index (χ4v) is 4.37. The number of ether oxygens (including phenoxy) is 4. The van der Waals surface area contributed by atoms with Gasteiger partial charge in [-0.25, -0.2) is 4.79 Å². The van der Waals surface area contributed by atoms with Crippen molar-refractivity contribution in [3.8, 4) is 17.2 Å². The number of amides is 1. The fourth-order valence-electron chi connectivity index (χ4n) is 4.37. The minimum Gasteiger partial charge on any atom is -0.493 e. The Kier molecular flexibility index (Phi) is 6.35. The third kappa shape index (κ3) is 4.16. The highest BCUT2D eigenvalue weighted by molar-refractivity contribution is 6.03. The Morgan fingerprint density at radius 3 is 2.24 bits per heavy atom. The third-order valence-electron chi connectivity index (χ3n) is 5.90. The van der Waals surface area contributed by atoms with E-state index in [1.165, 1.54) is 21.3 Å². The van der Waals surface area contributed by atoms with Gasteiger partial charge in [0, 0.05) is 29.9 Å². The zero-order chi connectivity index (χ0) is 23.5. The highest BCUT2D eigenvalue weighted by atomic mass is 16.5. The summed E-state index contributed by atoms with van der Waals surface area (Å²) in [5.74, 6) is -0.435. The number of esters is 1. The quantitative estimate of drug-likeness (QED) is 0.674. The van der Waals surface area contributed by atoms with Crippen LogP contribution in [0.15, 0.2) is 53.8 Å². The van der Waals surface area contributed by atoms with Crippen LogP contribution in [0.25, 0.3) is 0 Å². The number of Topliss-reactive ketones (excluding diaryl/α,β-unsaturated/α-hetero) is 1. The highest BCUT2D eigenvalue weighted by Crippen LogP contribution is 2.46. The lowest BCUT2D eigenvalue weighted by Gasteiger charge is -2.36. The van der Waals surface area contributed by atoms with Gasteiger partial charge in [0.25, 0.3) is 5.91 Å². The van der Waals surface area contributed by atoms with Crippen molar-refractivity contribution in [3.63, 3.8) is 0 Å². The lowest BCUT2D eigenvalue weighted by atomic mass is 9.76. The van der Waals surface area contributed by atoms with Crippen LogP contribution in [0.3, 0.4) is 0 Å². The smallest absolute Gasteiger partial charge is 0.334 e. The molecule has 1 amide bonds. The molecule has 0 aromatic heterocycles. The van der Waals surface area contributed by atoms with Gasteiger partial charge in [0.1, 0.15) is 11.8 Å². The number of hydrogen-bond acceptors (Lipinski definition) is 7. The van der Waals surface area contributed by atoms with Crippen LogP contribution in [-0.4, -0.2) is 45.0 Å². The molecule has 0 bridgehead atoms. The molecular formula is C25H25NO7. The summed E-state index contributed by atoms with van der Waals surface area (Å²) in [6, 6.07) is 10.8. The molecule has 2 aliphatic rings. The molecule has 0 radical (unpaired) electrons. The maximum absolute atomic E-state index is 13.1. The summed E-state index contributed by atoms with van der Waals surface area (Å²) < 4.78 is 21.9. The molecule has 1 N–H and O–H groups in total. The number of nitrogens with one attached hydrogen (secondary N) is 1. The first-order valence-electron chi connectivity index (χ1n) is 10.6. The van der Waals surface area contributed by atoms with E-state index < -0.39 is 23.8 Å². The summed E-state index contributed by atoms with van der Waals surface area (Å²) in [4.78, 5) is 39.0. The van der Waals surface area contributed by atoms with Crippen molar-refractivity contribution in [1.29, 1.82) is 0 Å². The average molecular weight is 451 g/mol. The van der Waals surface area contributed by atoms with Crippen LogP contribution in [0.1, 0.15) is 41.1 Å². The van der Waals surface area contributed by atoms with Gasteiger partial charge < -0.3 is 24.3 Å². The molecule has 4 rings (SSSR count). The van der Waals surface area contributed by atoms with E-state index in [2.05, 4.69) is 5.32 Å². The van der Waals surface area contributed by atoms with Crippen molar-refractivity contribution < 1.29 is 33.3 Å². The van der Waals surface area contributed by atoms with Crippen LogP contribution >= 0.6 is 0 Å². The van der Waals surface area contributed by atoms with E-state index in [0.29, 0.717) is 59.0 Å². The van der Waals surface area contributed by atoms with Crippen molar-refractivity contribution in [2.75, 3.05) is 21.3 Å². The number of rotatable bonds is 6. The Labute approximate surface area is 191 Å². The highest BCUT2D eigenvalue weighted by Gasteiger charge is 2.45. The van der Waals surface area contributed by atoms with E-state index >= 15 is 0 Å². The summed E-state index contributed by atoms with van der Waals surface area (Å²) in [7, 11) is 4.47. The topological polar surface area (TPSA) is 100 Å². The van der Waals surface area contributed by atoms with Crippen molar-refractivity contribution >= 4 is 17.7 Å². The third-order valence-corrected chi connectivity index (χ3v) is 5.90. The minimum atomic E-state index is -1.11. The summed E-state index contributed by atoms with van der Waals surface area (Å²) in [5, 5.41) is 2.78. The van der Waals surface area contributed by atoms with Gasteiger partial charge in [-0.3, -0.25) is 9.59 Å². The number of carbonyl (C=O) groups excluding carboxylic acids is 3. The summed E-state index contributed by atoms with van der Waals surface area (Å²) in [6.07, 6.45) is 1.43. The van der Waals surface area contributed by atoms with E-state index in [1.54, 1.807) is 42.5 Å². The zero-order valence-corrected chi connectivity index (χ0v) is 18.7. The lowest BCUT2D eigenvalue weighted by molar-refractivity contribution is -0.144. The Morgan fingerprint density at radius 2 is 1.64 bits per heavy atom. The minimum absolute atomic E-state index is 0.110. The van der Waals surface area contributed by atoms with Crippen molar-refractivity contribution in [1.82, 2.24) is 5.32 Å². The van der Waals surface area contributed by atoms with Crippen LogP contribution in [0, 0.1) is 0 Å². The zero-order valence-electron chi connectivity index (χ0n) is 18.7. The molecule has 2 atom stereocenters. The van der Waals surface area contributed by atoms with E-state index in [4.69, 9.17) is 18.9 Å². The second-order valence-corrected chi connectivity index (χ2v) is 7.79.